The largest absolute Gasteiger partial charge is 0.493 e. The summed E-state index contributed by atoms with van der Waals surface area (Å²) < 4.78 is 32.0. The number of rotatable bonds is 9. The molecule has 0 fully saturated rings. The zero-order chi connectivity index (χ0) is 22.4. The van der Waals surface area contributed by atoms with Crippen molar-refractivity contribution in [2.45, 2.75) is 0 Å². The first-order chi connectivity index (χ1) is 15.0. The van der Waals surface area contributed by atoms with E-state index in [1.165, 1.54) is 27.4 Å². The summed E-state index contributed by atoms with van der Waals surface area (Å²) in [7, 11) is 4.53. The molecule has 8 nitrogen and oxygen atoms in total. The van der Waals surface area contributed by atoms with Gasteiger partial charge in [0.15, 0.2) is 23.9 Å². The lowest BCUT2D eigenvalue weighted by atomic mass is 10.1. The molecule has 0 N–H and O–H groups in total. The van der Waals surface area contributed by atoms with Crippen LogP contribution in [0, 0.1) is 0 Å². The van der Waals surface area contributed by atoms with Gasteiger partial charge in [-0.2, -0.15) is 0 Å². The van der Waals surface area contributed by atoms with E-state index in [4.69, 9.17) is 28.4 Å². The van der Waals surface area contributed by atoms with Gasteiger partial charge in [-0.25, -0.2) is 4.79 Å². The number of esters is 1. The van der Waals surface area contributed by atoms with E-state index in [9.17, 15) is 9.59 Å². The van der Waals surface area contributed by atoms with Gasteiger partial charge in [0.1, 0.15) is 18.1 Å². The molecule has 0 aromatic heterocycles. The predicted molar refractivity (Wildman–Crippen MR) is 112 cm³/mol. The molecule has 1 heterocycles. The lowest BCUT2D eigenvalue weighted by Crippen LogP contribution is -2.14. The Kier molecular flexibility index (Phi) is 6.81. The van der Waals surface area contributed by atoms with Crippen LogP contribution in [0.1, 0.15) is 15.9 Å². The van der Waals surface area contributed by atoms with Gasteiger partial charge in [0.05, 0.1) is 26.9 Å². The van der Waals surface area contributed by atoms with Gasteiger partial charge >= 0.3 is 5.97 Å². The second-order valence-electron chi connectivity index (χ2n) is 6.32. The quantitative estimate of drug-likeness (QED) is 0.342. The first-order valence-corrected chi connectivity index (χ1v) is 9.28. The number of ether oxygens (including phenoxy) is 6. The summed E-state index contributed by atoms with van der Waals surface area (Å²) in [5.74, 6) is 1.39. The van der Waals surface area contributed by atoms with E-state index >= 15 is 0 Å². The van der Waals surface area contributed by atoms with Crippen LogP contribution < -0.4 is 23.7 Å². The molecule has 2 aromatic carbocycles. The summed E-state index contributed by atoms with van der Waals surface area (Å²) in [6, 6.07) is 8.13. The molecule has 0 spiro atoms. The van der Waals surface area contributed by atoms with E-state index in [1.54, 1.807) is 36.4 Å². The topological polar surface area (TPSA) is 89.5 Å². The summed E-state index contributed by atoms with van der Waals surface area (Å²) in [5.41, 5.74) is 1.02. The standard InChI is InChI=1S/C23H22O8/c1-5-8-29-21(24)13-30-15-6-7-16-17(12-15)31-18(22(16)25)9-14-10-19(26-2)23(28-4)20(11-14)27-3/h5-7,9-12H,1,8,13H2,2-4H3/b18-9-. The van der Waals surface area contributed by atoms with Crippen molar-refractivity contribution in [3.05, 3.63) is 59.9 Å². The molecule has 0 aliphatic carbocycles. The third-order valence-corrected chi connectivity index (χ3v) is 4.35. The van der Waals surface area contributed by atoms with Crippen molar-refractivity contribution in [1.29, 1.82) is 0 Å². The molecule has 162 valence electrons. The lowest BCUT2D eigenvalue weighted by molar-refractivity contribution is -0.144. The first-order valence-electron chi connectivity index (χ1n) is 9.28. The number of benzene rings is 2. The Hall–Kier alpha value is -3.94. The average Bonchev–Trinajstić information content (AvgIpc) is 3.09. The van der Waals surface area contributed by atoms with E-state index in [0.29, 0.717) is 39.9 Å². The highest BCUT2D eigenvalue weighted by atomic mass is 16.6. The third kappa shape index (κ3) is 4.80. The third-order valence-electron chi connectivity index (χ3n) is 4.35. The fraction of sp³-hybridized carbons (Fsp3) is 0.217. The first kappa shape index (κ1) is 21.8. The molecule has 3 rings (SSSR count). The van der Waals surface area contributed by atoms with Crippen LogP contribution in [0.4, 0.5) is 0 Å². The van der Waals surface area contributed by atoms with Gasteiger partial charge in [0.2, 0.25) is 11.5 Å². The molecule has 0 bridgehead atoms. The Balaban J connectivity index is 1.80. The SMILES string of the molecule is C=CCOC(=O)COc1ccc2c(c1)O/C(=C\c1cc(OC)c(OC)c(OC)c1)C2=O. The van der Waals surface area contributed by atoms with E-state index in [-0.39, 0.29) is 24.8 Å². The number of carbonyl (C=O) groups excluding carboxylic acids is 2. The number of allylic oxidation sites excluding steroid dienone is 1. The molecule has 0 saturated carbocycles. The van der Waals surface area contributed by atoms with Crippen molar-refractivity contribution in [1.82, 2.24) is 0 Å². The number of ketones is 1. The van der Waals surface area contributed by atoms with Crippen molar-refractivity contribution < 1.29 is 38.0 Å². The van der Waals surface area contributed by atoms with Crippen molar-refractivity contribution in [2.75, 3.05) is 34.5 Å². The maximum absolute atomic E-state index is 12.7. The molecule has 2 aromatic rings. The van der Waals surface area contributed by atoms with Crippen LogP contribution >= 0.6 is 0 Å². The summed E-state index contributed by atoms with van der Waals surface area (Å²) in [6.07, 6.45) is 3.05. The summed E-state index contributed by atoms with van der Waals surface area (Å²) in [6.45, 7) is 3.31. The van der Waals surface area contributed by atoms with Gasteiger partial charge in [0.25, 0.3) is 0 Å². The smallest absolute Gasteiger partial charge is 0.344 e. The van der Waals surface area contributed by atoms with Crippen molar-refractivity contribution >= 4 is 17.8 Å². The summed E-state index contributed by atoms with van der Waals surface area (Å²) in [5, 5.41) is 0. The van der Waals surface area contributed by atoms with Crippen LogP contribution in [0.5, 0.6) is 28.7 Å². The molecule has 1 aliphatic rings. The Morgan fingerprint density at radius 1 is 1.06 bits per heavy atom. The molecule has 31 heavy (non-hydrogen) atoms. The van der Waals surface area contributed by atoms with E-state index in [0.717, 1.165) is 0 Å². The Labute approximate surface area is 179 Å². The highest BCUT2D eigenvalue weighted by molar-refractivity contribution is 6.14. The number of hydrogen-bond acceptors (Lipinski definition) is 8. The van der Waals surface area contributed by atoms with Crippen LogP contribution in [0.2, 0.25) is 0 Å². The minimum absolute atomic E-state index is 0.110. The molecular formula is C23H22O8. The predicted octanol–water partition coefficient (Wildman–Crippen LogP) is 3.44. The van der Waals surface area contributed by atoms with Crippen LogP contribution in [0.3, 0.4) is 0 Å². The molecule has 0 amide bonds. The minimum Gasteiger partial charge on any atom is -0.493 e. The molecule has 8 heteroatoms. The second kappa shape index (κ2) is 9.71. The minimum atomic E-state index is -0.527. The summed E-state index contributed by atoms with van der Waals surface area (Å²) in [4.78, 5) is 24.3. The molecular weight excluding hydrogens is 404 g/mol. The van der Waals surface area contributed by atoms with Gasteiger partial charge in [-0.05, 0) is 35.9 Å². The maximum Gasteiger partial charge on any atom is 0.344 e. The Morgan fingerprint density at radius 2 is 1.77 bits per heavy atom. The van der Waals surface area contributed by atoms with E-state index in [2.05, 4.69) is 6.58 Å². The molecule has 1 aliphatic heterocycles. The Morgan fingerprint density at radius 3 is 2.39 bits per heavy atom. The van der Waals surface area contributed by atoms with Crippen LogP contribution in [0.15, 0.2) is 48.7 Å². The highest BCUT2D eigenvalue weighted by Crippen LogP contribution is 2.40. The molecule has 0 unspecified atom stereocenters. The number of carbonyl (C=O) groups is 2. The van der Waals surface area contributed by atoms with E-state index < -0.39 is 5.97 Å². The second-order valence-corrected chi connectivity index (χ2v) is 6.32. The summed E-state index contributed by atoms with van der Waals surface area (Å²) >= 11 is 0. The number of Topliss-reactive ketones (excluding diaryl/α,β-unsaturated/α-hetero) is 1. The van der Waals surface area contributed by atoms with Crippen molar-refractivity contribution in [3.63, 3.8) is 0 Å². The van der Waals surface area contributed by atoms with Gasteiger partial charge < -0.3 is 28.4 Å². The van der Waals surface area contributed by atoms with Crippen LogP contribution in [0.25, 0.3) is 6.08 Å². The van der Waals surface area contributed by atoms with Gasteiger partial charge in [-0.1, -0.05) is 12.7 Å². The number of hydrogen-bond donors (Lipinski definition) is 0. The van der Waals surface area contributed by atoms with Gasteiger partial charge in [-0.15, -0.1) is 0 Å². The molecule has 0 saturated heterocycles. The fourth-order valence-electron chi connectivity index (χ4n) is 2.93. The zero-order valence-corrected chi connectivity index (χ0v) is 17.4. The van der Waals surface area contributed by atoms with Gasteiger partial charge in [-0.3, -0.25) is 4.79 Å². The van der Waals surface area contributed by atoms with E-state index in [1.807, 2.05) is 0 Å². The zero-order valence-electron chi connectivity index (χ0n) is 17.4. The maximum atomic E-state index is 12.7. The lowest BCUT2D eigenvalue weighted by Gasteiger charge is -2.13. The van der Waals surface area contributed by atoms with Crippen LogP contribution in [-0.2, 0) is 9.53 Å². The van der Waals surface area contributed by atoms with Crippen LogP contribution in [-0.4, -0.2) is 46.3 Å². The van der Waals surface area contributed by atoms with Gasteiger partial charge in [0, 0.05) is 6.07 Å². The average molecular weight is 426 g/mol. The normalized spacial score (nSPS) is 13.3. The fourth-order valence-corrected chi connectivity index (χ4v) is 2.93. The number of methoxy groups -OCH3 is 3. The number of fused-ring (bicyclic) bond motifs is 1. The Bertz CT molecular complexity index is 1010. The highest BCUT2D eigenvalue weighted by Gasteiger charge is 2.28. The molecule has 0 atom stereocenters. The molecule has 0 radical (unpaired) electrons. The van der Waals surface area contributed by atoms with Crippen molar-refractivity contribution in [3.8, 4) is 28.7 Å². The monoisotopic (exact) mass is 426 g/mol. The van der Waals surface area contributed by atoms with Crippen molar-refractivity contribution in [2.24, 2.45) is 0 Å².